The molecule has 31 heavy (non-hydrogen) atoms. The molecule has 1 N–H and O–H groups in total. The summed E-state index contributed by atoms with van der Waals surface area (Å²) in [4.78, 5) is 15.0. The van der Waals surface area contributed by atoms with Crippen molar-refractivity contribution < 1.29 is 9.53 Å². The van der Waals surface area contributed by atoms with E-state index in [1.54, 1.807) is 7.11 Å². The van der Waals surface area contributed by atoms with Gasteiger partial charge in [0.05, 0.1) is 12.1 Å². The molecule has 1 amide bonds. The van der Waals surface area contributed by atoms with Gasteiger partial charge in [-0.1, -0.05) is 30.3 Å². The number of nitrogens with zero attached hydrogens (tertiary/aromatic N) is 3. The average molecular weight is 423 g/mol. The third-order valence-corrected chi connectivity index (χ3v) is 6.37. The van der Waals surface area contributed by atoms with Gasteiger partial charge in [0.25, 0.3) is 0 Å². The summed E-state index contributed by atoms with van der Waals surface area (Å²) < 4.78 is 7.20. The Morgan fingerprint density at radius 2 is 1.94 bits per heavy atom. The molecule has 2 heterocycles. The van der Waals surface area contributed by atoms with Gasteiger partial charge in [0.1, 0.15) is 11.9 Å². The van der Waals surface area contributed by atoms with Crippen molar-refractivity contribution in [3.8, 4) is 6.07 Å². The molecular formula is C25H34N4O2. The van der Waals surface area contributed by atoms with Crippen LogP contribution >= 0.6 is 0 Å². The van der Waals surface area contributed by atoms with Crippen LogP contribution in [-0.4, -0.2) is 48.7 Å². The number of rotatable bonds is 9. The molecule has 1 saturated heterocycles. The van der Waals surface area contributed by atoms with E-state index < -0.39 is 0 Å². The van der Waals surface area contributed by atoms with Crippen LogP contribution in [0, 0.1) is 31.1 Å². The number of methoxy groups -OCH3 is 1. The number of hydrogen-bond donors (Lipinski definition) is 1. The van der Waals surface area contributed by atoms with E-state index in [-0.39, 0.29) is 5.91 Å². The average Bonchev–Trinajstić information content (AvgIpc) is 2.99. The molecule has 1 aliphatic heterocycles. The van der Waals surface area contributed by atoms with E-state index in [1.807, 2.05) is 18.4 Å². The van der Waals surface area contributed by atoms with Crippen LogP contribution < -0.4 is 5.32 Å². The number of carbonyl (C=O) groups is 1. The van der Waals surface area contributed by atoms with E-state index in [4.69, 9.17) is 4.74 Å². The van der Waals surface area contributed by atoms with Crippen LogP contribution in [-0.2, 0) is 22.5 Å². The number of benzene rings is 1. The molecule has 1 aromatic carbocycles. The number of carbonyl (C=O) groups excluding carboxylic acids is 1. The highest BCUT2D eigenvalue weighted by Gasteiger charge is 2.23. The van der Waals surface area contributed by atoms with Gasteiger partial charge in [0, 0.05) is 26.0 Å². The van der Waals surface area contributed by atoms with Crippen molar-refractivity contribution in [2.45, 2.75) is 46.1 Å². The number of amides is 1. The number of anilines is 1. The maximum absolute atomic E-state index is 12.8. The van der Waals surface area contributed by atoms with Crippen molar-refractivity contribution >= 4 is 11.7 Å². The first-order valence-electron chi connectivity index (χ1n) is 11.2. The van der Waals surface area contributed by atoms with Gasteiger partial charge in [-0.25, -0.2) is 0 Å². The maximum atomic E-state index is 12.8. The minimum atomic E-state index is -0.0523. The molecule has 1 aliphatic rings. The van der Waals surface area contributed by atoms with Crippen molar-refractivity contribution in [1.29, 1.82) is 5.26 Å². The number of hydrogen-bond acceptors (Lipinski definition) is 4. The van der Waals surface area contributed by atoms with Gasteiger partial charge in [-0.2, -0.15) is 5.26 Å². The van der Waals surface area contributed by atoms with Gasteiger partial charge in [-0.05, 0) is 69.7 Å². The summed E-state index contributed by atoms with van der Waals surface area (Å²) in [5.74, 6) is 1.25. The molecule has 6 nitrogen and oxygen atoms in total. The summed E-state index contributed by atoms with van der Waals surface area (Å²) in [6.07, 6.45) is 4.16. The highest BCUT2D eigenvalue weighted by atomic mass is 16.5. The second kappa shape index (κ2) is 11.1. The third kappa shape index (κ3) is 5.96. The molecule has 0 radical (unpaired) electrons. The summed E-state index contributed by atoms with van der Waals surface area (Å²) in [5, 5.41) is 12.7. The first-order chi connectivity index (χ1) is 15.0. The van der Waals surface area contributed by atoms with E-state index in [9.17, 15) is 10.1 Å². The Balaban J connectivity index is 1.56. The first kappa shape index (κ1) is 23.1. The van der Waals surface area contributed by atoms with Crippen LogP contribution in [0.15, 0.2) is 30.3 Å². The van der Waals surface area contributed by atoms with Gasteiger partial charge in [-0.15, -0.1) is 0 Å². The van der Waals surface area contributed by atoms with Crippen LogP contribution in [0.1, 0.15) is 41.6 Å². The zero-order valence-corrected chi connectivity index (χ0v) is 19.0. The van der Waals surface area contributed by atoms with E-state index in [0.29, 0.717) is 37.0 Å². The van der Waals surface area contributed by atoms with Crippen LogP contribution in [0.3, 0.4) is 0 Å². The molecule has 0 bridgehead atoms. The maximum Gasteiger partial charge on any atom is 0.239 e. The molecular weight excluding hydrogens is 388 g/mol. The summed E-state index contributed by atoms with van der Waals surface area (Å²) in [5.41, 5.74) is 3.90. The summed E-state index contributed by atoms with van der Waals surface area (Å²) in [7, 11) is 1.68. The Bertz CT molecular complexity index is 906. The van der Waals surface area contributed by atoms with Crippen LogP contribution in [0.4, 0.5) is 5.82 Å². The molecule has 1 fully saturated rings. The minimum Gasteiger partial charge on any atom is -0.385 e. The van der Waals surface area contributed by atoms with Crippen molar-refractivity contribution in [1.82, 2.24) is 9.47 Å². The van der Waals surface area contributed by atoms with Crippen molar-refractivity contribution in [3.63, 3.8) is 0 Å². The molecule has 0 unspecified atom stereocenters. The van der Waals surface area contributed by atoms with E-state index in [1.165, 1.54) is 5.56 Å². The molecule has 166 valence electrons. The number of nitriles is 1. The Labute approximate surface area is 185 Å². The zero-order chi connectivity index (χ0) is 22.2. The Kier molecular flexibility index (Phi) is 8.27. The lowest BCUT2D eigenvalue weighted by Crippen LogP contribution is -2.39. The number of nitrogens with one attached hydrogen (secondary N) is 1. The predicted molar refractivity (Wildman–Crippen MR) is 123 cm³/mol. The first-order valence-corrected chi connectivity index (χ1v) is 11.2. The molecule has 0 spiro atoms. The van der Waals surface area contributed by atoms with E-state index >= 15 is 0 Å². The van der Waals surface area contributed by atoms with Crippen LogP contribution in [0.2, 0.25) is 0 Å². The lowest BCUT2D eigenvalue weighted by Gasteiger charge is -2.31. The van der Waals surface area contributed by atoms with E-state index in [0.717, 1.165) is 50.0 Å². The zero-order valence-electron chi connectivity index (χ0n) is 19.0. The lowest BCUT2D eigenvalue weighted by atomic mass is 9.90. The SMILES string of the molecule is COCCCn1c(C)c(C)c(C#N)c1NC(=O)CN1CCC(Cc2ccccc2)CC1. The quantitative estimate of drug-likeness (QED) is 0.622. The molecule has 0 atom stereocenters. The number of ether oxygens (including phenoxy) is 1. The molecule has 1 aromatic heterocycles. The minimum absolute atomic E-state index is 0.0523. The molecule has 0 aliphatic carbocycles. The summed E-state index contributed by atoms with van der Waals surface area (Å²) >= 11 is 0. The van der Waals surface area contributed by atoms with Crippen molar-refractivity contribution in [2.24, 2.45) is 5.92 Å². The highest BCUT2D eigenvalue weighted by Crippen LogP contribution is 2.27. The fraction of sp³-hybridized carbons (Fsp3) is 0.520. The lowest BCUT2D eigenvalue weighted by molar-refractivity contribution is -0.117. The topological polar surface area (TPSA) is 70.3 Å². The molecule has 6 heteroatoms. The third-order valence-electron chi connectivity index (χ3n) is 6.37. The van der Waals surface area contributed by atoms with Gasteiger partial charge >= 0.3 is 0 Å². The van der Waals surface area contributed by atoms with Gasteiger partial charge in [-0.3, -0.25) is 9.69 Å². The molecule has 0 saturated carbocycles. The number of aromatic nitrogens is 1. The number of likely N-dealkylation sites (tertiary alicyclic amines) is 1. The second-order valence-corrected chi connectivity index (χ2v) is 8.50. The van der Waals surface area contributed by atoms with Gasteiger partial charge in [0.15, 0.2) is 0 Å². The standard InChI is InChI=1S/C25H34N4O2/c1-19-20(2)29(12-7-15-31-3)25(23(19)17-26)27-24(30)18-28-13-10-22(11-14-28)16-21-8-5-4-6-9-21/h4-6,8-9,22H,7,10-16,18H2,1-3H3,(H,27,30). The molecule has 3 rings (SSSR count). The Hall–Kier alpha value is -2.62. The smallest absolute Gasteiger partial charge is 0.239 e. The fourth-order valence-electron chi connectivity index (χ4n) is 4.45. The Morgan fingerprint density at radius 1 is 1.23 bits per heavy atom. The highest BCUT2D eigenvalue weighted by molar-refractivity contribution is 5.93. The van der Waals surface area contributed by atoms with Crippen LogP contribution in [0.25, 0.3) is 0 Å². The van der Waals surface area contributed by atoms with Crippen molar-refractivity contribution in [2.75, 3.05) is 38.7 Å². The summed E-state index contributed by atoms with van der Waals surface area (Å²) in [6.45, 7) is 7.52. The van der Waals surface area contributed by atoms with Crippen molar-refractivity contribution in [3.05, 3.63) is 52.7 Å². The normalized spacial score (nSPS) is 15.0. The van der Waals surface area contributed by atoms with E-state index in [2.05, 4.69) is 46.6 Å². The Morgan fingerprint density at radius 3 is 2.58 bits per heavy atom. The largest absolute Gasteiger partial charge is 0.385 e. The van der Waals surface area contributed by atoms with Crippen LogP contribution in [0.5, 0.6) is 0 Å². The number of piperidine rings is 1. The second-order valence-electron chi connectivity index (χ2n) is 8.50. The predicted octanol–water partition coefficient (Wildman–Crippen LogP) is 3.91. The fourth-order valence-corrected chi connectivity index (χ4v) is 4.45. The van der Waals surface area contributed by atoms with Gasteiger partial charge < -0.3 is 14.6 Å². The van der Waals surface area contributed by atoms with Gasteiger partial charge in [0.2, 0.25) is 5.91 Å². The monoisotopic (exact) mass is 422 g/mol. The molecule has 2 aromatic rings. The summed E-state index contributed by atoms with van der Waals surface area (Å²) in [6, 6.07) is 12.9.